The highest BCUT2D eigenvalue weighted by Crippen LogP contribution is 2.30. The predicted molar refractivity (Wildman–Crippen MR) is 95.3 cm³/mol. The Morgan fingerprint density at radius 2 is 1.92 bits per heavy atom. The minimum Gasteiger partial charge on any atom is -0.383 e. The molecule has 1 saturated heterocycles. The molecule has 140 valence electrons. The van der Waals surface area contributed by atoms with Crippen LogP contribution >= 0.6 is 0 Å². The minimum atomic E-state index is -3.72. The molecule has 0 bridgehead atoms. The summed E-state index contributed by atoms with van der Waals surface area (Å²) in [7, 11) is -2.18. The molecule has 1 N–H and O–H groups in total. The zero-order valence-corrected chi connectivity index (χ0v) is 15.4. The second-order valence-corrected chi connectivity index (χ2v) is 8.19. The van der Waals surface area contributed by atoms with Crippen molar-refractivity contribution < 1.29 is 18.1 Å². The van der Waals surface area contributed by atoms with Crippen LogP contribution in [0.2, 0.25) is 0 Å². The van der Waals surface area contributed by atoms with E-state index in [0.29, 0.717) is 19.7 Å². The first kappa shape index (κ1) is 19.6. The Kier molecular flexibility index (Phi) is 6.74. The van der Waals surface area contributed by atoms with Gasteiger partial charge in [-0.3, -0.25) is 10.1 Å². The average molecular weight is 371 g/mol. The number of nitrogens with zero attached hydrogens (tertiary/aromatic N) is 2. The van der Waals surface area contributed by atoms with Gasteiger partial charge in [-0.25, -0.2) is 8.42 Å². The first-order valence-corrected chi connectivity index (χ1v) is 9.84. The SMILES string of the molecule is COCC(C)Nc1ccc(S(=O)(=O)N2CCCCCC2)cc1[N+](=O)[O-]. The van der Waals surface area contributed by atoms with Crippen LogP contribution in [0, 0.1) is 10.1 Å². The number of nitrogens with one attached hydrogen (secondary N) is 1. The molecule has 0 aromatic heterocycles. The number of sulfonamides is 1. The molecule has 1 unspecified atom stereocenters. The third-order valence-electron chi connectivity index (χ3n) is 4.19. The molecule has 0 saturated carbocycles. The summed E-state index contributed by atoms with van der Waals surface area (Å²) in [5, 5.41) is 14.4. The second kappa shape index (κ2) is 8.59. The number of ether oxygens (including phenoxy) is 1. The summed E-state index contributed by atoms with van der Waals surface area (Å²) in [6.07, 6.45) is 3.64. The monoisotopic (exact) mass is 371 g/mol. The van der Waals surface area contributed by atoms with Crippen LogP contribution < -0.4 is 5.32 Å². The number of hydrogen-bond acceptors (Lipinski definition) is 6. The smallest absolute Gasteiger partial charge is 0.293 e. The maximum Gasteiger partial charge on any atom is 0.293 e. The molecule has 1 aromatic rings. The van der Waals surface area contributed by atoms with Crippen LogP contribution in [-0.2, 0) is 14.8 Å². The van der Waals surface area contributed by atoms with E-state index in [0.717, 1.165) is 31.7 Å². The van der Waals surface area contributed by atoms with E-state index in [1.165, 1.54) is 16.4 Å². The Hall–Kier alpha value is -1.71. The van der Waals surface area contributed by atoms with Gasteiger partial charge in [0.15, 0.2) is 0 Å². The molecule has 0 amide bonds. The summed E-state index contributed by atoms with van der Waals surface area (Å²) in [5.41, 5.74) is 0.0308. The van der Waals surface area contributed by atoms with E-state index in [9.17, 15) is 18.5 Å². The highest BCUT2D eigenvalue weighted by molar-refractivity contribution is 7.89. The average Bonchev–Trinajstić information content (AvgIpc) is 2.84. The molecule has 25 heavy (non-hydrogen) atoms. The van der Waals surface area contributed by atoms with Crippen LogP contribution in [-0.4, -0.2) is 50.5 Å². The zero-order chi connectivity index (χ0) is 18.4. The summed E-state index contributed by atoms with van der Waals surface area (Å²) in [4.78, 5) is 10.8. The molecular formula is C16H25N3O5S. The van der Waals surface area contributed by atoms with Crippen molar-refractivity contribution in [3.05, 3.63) is 28.3 Å². The molecule has 0 spiro atoms. The topological polar surface area (TPSA) is 102 Å². The predicted octanol–water partition coefficient (Wildman–Crippen LogP) is 2.61. The van der Waals surface area contributed by atoms with Crippen LogP contribution in [0.4, 0.5) is 11.4 Å². The van der Waals surface area contributed by atoms with Gasteiger partial charge in [0.2, 0.25) is 10.0 Å². The Labute approximate surface area is 148 Å². The molecule has 1 aliphatic heterocycles. The molecule has 0 radical (unpaired) electrons. The first-order chi connectivity index (χ1) is 11.9. The van der Waals surface area contributed by atoms with Crippen LogP contribution in [0.5, 0.6) is 0 Å². The summed E-state index contributed by atoms with van der Waals surface area (Å²) in [6, 6.07) is 3.88. The standard InChI is InChI=1S/C16H25N3O5S/c1-13(12-24-2)17-15-8-7-14(11-16(15)19(20)21)25(22,23)18-9-5-3-4-6-10-18/h7-8,11,13,17H,3-6,9-10,12H2,1-2H3. The fraction of sp³-hybridized carbons (Fsp3) is 0.625. The Morgan fingerprint density at radius 3 is 2.48 bits per heavy atom. The van der Waals surface area contributed by atoms with Crippen LogP contribution in [0.3, 0.4) is 0 Å². The van der Waals surface area contributed by atoms with Crippen molar-refractivity contribution in [2.75, 3.05) is 32.1 Å². The second-order valence-electron chi connectivity index (χ2n) is 6.26. The number of nitro groups is 1. The largest absolute Gasteiger partial charge is 0.383 e. The molecule has 1 atom stereocenters. The maximum atomic E-state index is 12.8. The molecule has 9 heteroatoms. The number of methoxy groups -OCH3 is 1. The van der Waals surface area contributed by atoms with E-state index in [1.807, 2.05) is 6.92 Å². The van der Waals surface area contributed by atoms with Crippen molar-refractivity contribution in [3.63, 3.8) is 0 Å². The summed E-state index contributed by atoms with van der Waals surface area (Å²) >= 11 is 0. The van der Waals surface area contributed by atoms with Gasteiger partial charge in [0, 0.05) is 32.3 Å². The first-order valence-electron chi connectivity index (χ1n) is 8.40. The van der Waals surface area contributed by atoms with E-state index in [1.54, 1.807) is 7.11 Å². The number of anilines is 1. The van der Waals surface area contributed by atoms with E-state index in [4.69, 9.17) is 4.74 Å². The maximum absolute atomic E-state index is 12.8. The molecule has 1 aliphatic rings. The normalized spacial score (nSPS) is 17.7. The quantitative estimate of drug-likeness (QED) is 0.584. The van der Waals surface area contributed by atoms with E-state index >= 15 is 0 Å². The van der Waals surface area contributed by atoms with Crippen molar-refractivity contribution in [3.8, 4) is 0 Å². The molecule has 8 nitrogen and oxygen atoms in total. The van der Waals surface area contributed by atoms with Gasteiger partial charge in [-0.15, -0.1) is 0 Å². The lowest BCUT2D eigenvalue weighted by molar-refractivity contribution is -0.384. The van der Waals surface area contributed by atoms with Gasteiger partial charge in [0.1, 0.15) is 5.69 Å². The lowest BCUT2D eigenvalue weighted by Crippen LogP contribution is -2.32. The van der Waals surface area contributed by atoms with Gasteiger partial charge in [0.25, 0.3) is 5.69 Å². The molecule has 2 rings (SSSR count). The van der Waals surface area contributed by atoms with E-state index < -0.39 is 14.9 Å². The summed E-state index contributed by atoms with van der Waals surface area (Å²) < 4.78 is 32.1. The van der Waals surface area contributed by atoms with Crippen molar-refractivity contribution in [2.24, 2.45) is 0 Å². The zero-order valence-electron chi connectivity index (χ0n) is 14.6. The number of benzene rings is 1. The Morgan fingerprint density at radius 1 is 1.28 bits per heavy atom. The molecule has 1 fully saturated rings. The van der Waals surface area contributed by atoms with Gasteiger partial charge in [-0.05, 0) is 31.9 Å². The fourth-order valence-corrected chi connectivity index (χ4v) is 4.47. The number of nitro benzene ring substituents is 1. The third-order valence-corrected chi connectivity index (χ3v) is 6.08. The molecule has 0 aliphatic carbocycles. The van der Waals surface area contributed by atoms with Crippen molar-refractivity contribution in [2.45, 2.75) is 43.5 Å². The molecule has 1 heterocycles. The van der Waals surface area contributed by atoms with Crippen molar-refractivity contribution >= 4 is 21.4 Å². The van der Waals surface area contributed by atoms with Gasteiger partial charge in [-0.2, -0.15) is 4.31 Å². The third kappa shape index (κ3) is 4.90. The van der Waals surface area contributed by atoms with E-state index in [-0.39, 0.29) is 22.3 Å². The van der Waals surface area contributed by atoms with Crippen molar-refractivity contribution in [1.82, 2.24) is 4.31 Å². The lowest BCUT2D eigenvalue weighted by atomic mass is 10.2. The number of hydrogen-bond donors (Lipinski definition) is 1. The van der Waals surface area contributed by atoms with Gasteiger partial charge < -0.3 is 10.1 Å². The Balaban J connectivity index is 2.32. The van der Waals surface area contributed by atoms with E-state index in [2.05, 4.69) is 5.32 Å². The molecular weight excluding hydrogens is 346 g/mol. The number of rotatable bonds is 7. The summed E-state index contributed by atoms with van der Waals surface area (Å²) in [5.74, 6) is 0. The minimum absolute atomic E-state index is 0.0361. The van der Waals surface area contributed by atoms with Gasteiger partial charge >= 0.3 is 0 Å². The van der Waals surface area contributed by atoms with Gasteiger partial charge in [-0.1, -0.05) is 12.8 Å². The fourth-order valence-electron chi connectivity index (χ4n) is 2.93. The molecule has 1 aromatic carbocycles. The van der Waals surface area contributed by atoms with Crippen LogP contribution in [0.25, 0.3) is 0 Å². The van der Waals surface area contributed by atoms with Crippen molar-refractivity contribution in [1.29, 1.82) is 0 Å². The Bertz CT molecular complexity index is 700. The van der Waals surface area contributed by atoms with Crippen LogP contribution in [0.15, 0.2) is 23.1 Å². The van der Waals surface area contributed by atoms with Gasteiger partial charge in [0.05, 0.1) is 16.4 Å². The highest BCUT2D eigenvalue weighted by atomic mass is 32.2. The van der Waals surface area contributed by atoms with Crippen LogP contribution in [0.1, 0.15) is 32.6 Å². The highest BCUT2D eigenvalue weighted by Gasteiger charge is 2.28. The summed E-state index contributed by atoms with van der Waals surface area (Å²) in [6.45, 7) is 3.13. The lowest BCUT2D eigenvalue weighted by Gasteiger charge is -2.20.